The fraction of sp³-hybridized carbons (Fsp3) is 0.265. The van der Waals surface area contributed by atoms with Crippen LogP contribution >= 0.6 is 11.8 Å². The molecule has 7 N–H and O–H groups in total. The largest absolute Gasteiger partial charge is 0.508 e. The summed E-state index contributed by atoms with van der Waals surface area (Å²) in [7, 11) is 0. The highest BCUT2D eigenvalue weighted by Crippen LogP contribution is 2.43. The van der Waals surface area contributed by atoms with Crippen LogP contribution in [-0.2, 0) is 33.5 Å². The molecule has 19 heteroatoms. The lowest BCUT2D eigenvalue weighted by molar-refractivity contribution is -0.157. The maximum absolute atomic E-state index is 14.2. The van der Waals surface area contributed by atoms with Crippen molar-refractivity contribution in [3.8, 4) is 17.1 Å². The zero-order valence-corrected chi connectivity index (χ0v) is 29.2. The molecule has 2 aromatic carbocycles. The molecule has 1 aromatic heterocycles. The summed E-state index contributed by atoms with van der Waals surface area (Å²) in [5.74, 6) is -6.94. The lowest BCUT2D eigenvalue weighted by atomic mass is 9.98. The number of anilines is 1. The van der Waals surface area contributed by atoms with Gasteiger partial charge in [0.15, 0.2) is 0 Å². The number of thioether (sulfide) groups is 1. The summed E-state index contributed by atoms with van der Waals surface area (Å²) in [4.78, 5) is 113. The molecule has 0 bridgehead atoms. The summed E-state index contributed by atoms with van der Waals surface area (Å²) < 4.78 is 4.96. The van der Waals surface area contributed by atoms with Crippen LogP contribution in [0, 0.1) is 0 Å². The first-order chi connectivity index (χ1) is 25.0. The van der Waals surface area contributed by atoms with E-state index in [0.29, 0.717) is 10.5 Å². The highest BCUT2D eigenvalue weighted by Gasteiger charge is 2.59. The molecule has 5 amide bonds. The number of fused-ring (bicyclic) bond motifs is 1. The van der Waals surface area contributed by atoms with Crippen molar-refractivity contribution >= 4 is 58.9 Å². The van der Waals surface area contributed by atoms with Gasteiger partial charge in [0, 0.05) is 36.9 Å². The summed E-state index contributed by atoms with van der Waals surface area (Å²) in [6.45, 7) is 3.35. The number of aromatic amines is 1. The summed E-state index contributed by atoms with van der Waals surface area (Å²) in [5, 5.41) is 18.6. The number of carboxylic acids is 1. The highest BCUT2D eigenvalue weighted by molar-refractivity contribution is 8.00. The number of hydrogen-bond donors (Lipinski definition) is 5. The van der Waals surface area contributed by atoms with E-state index in [1.807, 2.05) is 0 Å². The monoisotopic (exact) mass is 747 g/mol. The number of rotatable bonds is 10. The number of phenolic OH excluding ortho intramolecular Hbond substituents is 1. The van der Waals surface area contributed by atoms with Gasteiger partial charge in [-0.05, 0) is 48.9 Å². The van der Waals surface area contributed by atoms with Crippen LogP contribution in [0.5, 0.6) is 5.75 Å². The molecule has 1 fully saturated rings. The molecule has 276 valence electrons. The Morgan fingerprint density at radius 1 is 1.02 bits per heavy atom. The predicted octanol–water partition coefficient (Wildman–Crippen LogP) is 0.224. The summed E-state index contributed by atoms with van der Waals surface area (Å²) >= 11 is 1.00. The minimum absolute atomic E-state index is 0.0325. The van der Waals surface area contributed by atoms with Crippen LogP contribution in [0.4, 0.5) is 5.69 Å². The third-order valence-electron chi connectivity index (χ3n) is 8.28. The summed E-state index contributed by atoms with van der Waals surface area (Å²) in [6.07, 6.45) is 0.896. The van der Waals surface area contributed by atoms with Crippen molar-refractivity contribution in [1.82, 2.24) is 19.8 Å². The van der Waals surface area contributed by atoms with Gasteiger partial charge < -0.3 is 31.4 Å². The van der Waals surface area contributed by atoms with E-state index >= 15 is 0 Å². The maximum atomic E-state index is 14.2. The average Bonchev–Trinajstić information content (AvgIpc) is 3.11. The van der Waals surface area contributed by atoms with Crippen LogP contribution in [0.25, 0.3) is 11.4 Å². The van der Waals surface area contributed by atoms with E-state index in [2.05, 4.69) is 9.97 Å². The van der Waals surface area contributed by atoms with E-state index in [4.69, 9.17) is 16.2 Å². The van der Waals surface area contributed by atoms with Gasteiger partial charge in [-0.3, -0.25) is 43.4 Å². The smallest absolute Gasteiger partial charge is 0.352 e. The number of hydrogen-bond acceptors (Lipinski definition) is 14. The van der Waals surface area contributed by atoms with Gasteiger partial charge in [0.05, 0.1) is 11.7 Å². The Labute approximate surface area is 304 Å². The van der Waals surface area contributed by atoms with Crippen molar-refractivity contribution in [2.75, 3.05) is 17.3 Å². The molecule has 3 aromatic rings. The van der Waals surface area contributed by atoms with Crippen LogP contribution in [-0.4, -0.2) is 101 Å². The standard InChI is InChI=1S/C34H33N7O11S/c1-15(35)29(46)39(16(2)42)21-8-4-19(5-9-21)27-37-12-23(28(45)38-27)30(47)40(31(48)24(36)18-6-10-22(44)11-7-18)26-32(49)41-25(34(50)51)20(13-52-17(3)43)14-53-33(26)41/h4-12,15,24,26,33,44H,13-14,35-36H2,1-3H3,(H,50,51)(H,37,38,45)/t15-,24?,26?,33+/m1/s1. The number of imide groups is 2. The van der Waals surface area contributed by atoms with Gasteiger partial charge in [-0.1, -0.05) is 12.1 Å². The molecule has 2 aliphatic heterocycles. The number of nitrogens with two attached hydrogens (primary N) is 2. The second kappa shape index (κ2) is 15.2. The van der Waals surface area contributed by atoms with Crippen molar-refractivity contribution in [1.29, 1.82) is 0 Å². The van der Waals surface area contributed by atoms with Crippen LogP contribution in [0.3, 0.4) is 0 Å². The van der Waals surface area contributed by atoms with Crippen molar-refractivity contribution < 1.29 is 48.5 Å². The van der Waals surface area contributed by atoms with E-state index in [9.17, 15) is 48.6 Å². The number of ether oxygens (including phenoxy) is 1. The second-order valence-electron chi connectivity index (χ2n) is 12.0. The fourth-order valence-corrected chi connectivity index (χ4v) is 7.04. The molecule has 0 radical (unpaired) electrons. The van der Waals surface area contributed by atoms with Gasteiger partial charge in [0.1, 0.15) is 46.9 Å². The number of carbonyl (C=O) groups is 7. The topological polar surface area (TPSA) is 277 Å². The van der Waals surface area contributed by atoms with Gasteiger partial charge in [0.25, 0.3) is 23.3 Å². The van der Waals surface area contributed by atoms with E-state index in [0.717, 1.165) is 34.7 Å². The number of esters is 1. The minimum atomic E-state index is -1.61. The number of aromatic nitrogens is 2. The molecular weight excluding hydrogens is 714 g/mol. The second-order valence-corrected chi connectivity index (χ2v) is 13.1. The number of aromatic hydroxyl groups is 1. The van der Waals surface area contributed by atoms with Crippen molar-refractivity contribution in [2.24, 2.45) is 11.5 Å². The van der Waals surface area contributed by atoms with Crippen molar-refractivity contribution in [2.45, 2.75) is 44.3 Å². The first-order valence-corrected chi connectivity index (χ1v) is 16.8. The Kier molecular flexibility index (Phi) is 10.9. The molecule has 0 aliphatic carbocycles. The molecule has 3 heterocycles. The van der Waals surface area contributed by atoms with Crippen LogP contribution in [0.15, 0.2) is 70.8 Å². The van der Waals surface area contributed by atoms with Crippen LogP contribution in [0.1, 0.15) is 42.7 Å². The Morgan fingerprint density at radius 2 is 1.66 bits per heavy atom. The Balaban J connectivity index is 1.50. The molecule has 2 aliphatic rings. The lowest BCUT2D eigenvalue weighted by Crippen LogP contribution is -2.73. The van der Waals surface area contributed by atoms with E-state index in [1.54, 1.807) is 0 Å². The Morgan fingerprint density at radius 3 is 2.21 bits per heavy atom. The van der Waals surface area contributed by atoms with Crippen LogP contribution in [0.2, 0.25) is 0 Å². The van der Waals surface area contributed by atoms with Gasteiger partial charge in [-0.15, -0.1) is 11.8 Å². The number of carbonyl (C=O) groups excluding carboxylic acids is 6. The molecule has 2 unspecified atom stereocenters. The van der Waals surface area contributed by atoms with E-state index in [1.165, 1.54) is 62.4 Å². The minimum Gasteiger partial charge on any atom is -0.508 e. The number of benzene rings is 2. The zero-order valence-electron chi connectivity index (χ0n) is 28.3. The summed E-state index contributed by atoms with van der Waals surface area (Å²) in [6, 6.07) is 6.79. The van der Waals surface area contributed by atoms with E-state index < -0.39 is 88.4 Å². The maximum Gasteiger partial charge on any atom is 0.352 e. The quantitative estimate of drug-likeness (QED) is 0.137. The molecular formula is C34H33N7O11S. The van der Waals surface area contributed by atoms with E-state index in [-0.39, 0.29) is 34.2 Å². The van der Waals surface area contributed by atoms with Gasteiger partial charge in [-0.25, -0.2) is 14.7 Å². The fourth-order valence-electron chi connectivity index (χ4n) is 5.67. The molecule has 5 rings (SSSR count). The number of nitrogens with zero attached hydrogens (tertiary/aromatic N) is 4. The Bertz CT molecular complexity index is 2120. The first-order valence-electron chi connectivity index (χ1n) is 15.8. The van der Waals surface area contributed by atoms with Gasteiger partial charge in [-0.2, -0.15) is 0 Å². The number of nitrogens with one attached hydrogen (secondary N) is 1. The first kappa shape index (κ1) is 38.1. The predicted molar refractivity (Wildman–Crippen MR) is 186 cm³/mol. The van der Waals surface area contributed by atoms with Crippen LogP contribution < -0.4 is 21.9 Å². The zero-order chi connectivity index (χ0) is 38.9. The van der Waals surface area contributed by atoms with Gasteiger partial charge >= 0.3 is 11.9 Å². The number of β-lactam (4-membered cyclic amide) rings is 1. The number of H-pyrrole nitrogens is 1. The molecule has 4 atom stereocenters. The third-order valence-corrected chi connectivity index (χ3v) is 9.60. The molecule has 18 nitrogen and oxygen atoms in total. The number of carboxylic acid groups (broad SMARTS) is 1. The number of phenols is 1. The SMILES string of the molecule is CC(=O)OCC1=C(C(=O)O)N2C(=O)C(N(C(=O)c3cnc(-c4ccc(N(C(C)=O)C(=O)[C@@H](C)N)cc4)[nH]c3=O)C(=O)C(N)c3ccc(O)cc3)[C@@H]2SC1. The number of amides is 5. The molecule has 0 spiro atoms. The average molecular weight is 748 g/mol. The Hall–Kier alpha value is -6.18. The molecule has 53 heavy (non-hydrogen) atoms. The third kappa shape index (κ3) is 7.43. The number of aliphatic carboxylic acids is 1. The normalized spacial score (nSPS) is 17.5. The molecule has 1 saturated heterocycles. The van der Waals surface area contributed by atoms with Crippen molar-refractivity contribution in [3.63, 3.8) is 0 Å². The lowest BCUT2D eigenvalue weighted by Gasteiger charge is -2.52. The summed E-state index contributed by atoms with van der Waals surface area (Å²) in [5.41, 5.74) is 10.6. The highest BCUT2D eigenvalue weighted by atomic mass is 32.2. The molecule has 0 saturated carbocycles. The van der Waals surface area contributed by atoms with Gasteiger partial charge in [0.2, 0.25) is 11.8 Å². The van der Waals surface area contributed by atoms with Crippen molar-refractivity contribution in [3.05, 3.63) is 87.5 Å².